The number of thiocarbonyl (C=S) groups is 1. The molecule has 0 radical (unpaired) electrons. The van der Waals surface area contributed by atoms with Gasteiger partial charge in [0.25, 0.3) is 5.91 Å². The third-order valence-electron chi connectivity index (χ3n) is 4.06. The van der Waals surface area contributed by atoms with Gasteiger partial charge in [-0.25, -0.2) is 4.98 Å². The van der Waals surface area contributed by atoms with E-state index in [-0.39, 0.29) is 24.8 Å². The first kappa shape index (κ1) is 20.6. The number of aryl methyl sites for hydroxylation is 1. The molecule has 0 unspecified atom stereocenters. The van der Waals surface area contributed by atoms with Gasteiger partial charge in [-0.3, -0.25) is 14.5 Å². The molecule has 146 valence electrons. The predicted octanol–water partition coefficient (Wildman–Crippen LogP) is 3.33. The average molecular weight is 435 g/mol. The highest BCUT2D eigenvalue weighted by molar-refractivity contribution is 8.26. The van der Waals surface area contributed by atoms with E-state index in [1.807, 2.05) is 22.9 Å². The summed E-state index contributed by atoms with van der Waals surface area (Å²) in [7, 11) is 0. The van der Waals surface area contributed by atoms with Crippen LogP contribution in [0.2, 0.25) is 5.02 Å². The van der Waals surface area contributed by atoms with E-state index in [0.717, 1.165) is 18.5 Å². The second-order valence-electron chi connectivity index (χ2n) is 6.14. The Morgan fingerprint density at radius 3 is 2.96 bits per heavy atom. The highest BCUT2D eigenvalue weighted by atomic mass is 35.5. The maximum absolute atomic E-state index is 12.6. The van der Waals surface area contributed by atoms with Gasteiger partial charge in [0.15, 0.2) is 0 Å². The van der Waals surface area contributed by atoms with Crippen LogP contribution in [0.5, 0.6) is 0 Å². The number of imidazole rings is 1. The summed E-state index contributed by atoms with van der Waals surface area (Å²) in [6, 6.07) is 7.26. The van der Waals surface area contributed by atoms with Gasteiger partial charge in [0.2, 0.25) is 5.91 Å². The summed E-state index contributed by atoms with van der Waals surface area (Å²) in [5, 5.41) is 3.47. The predicted molar refractivity (Wildman–Crippen MR) is 116 cm³/mol. The number of carbonyl (C=O) groups is 2. The minimum atomic E-state index is -0.178. The van der Waals surface area contributed by atoms with Gasteiger partial charge in [-0.15, -0.1) is 0 Å². The lowest BCUT2D eigenvalue weighted by Gasteiger charge is -2.14. The summed E-state index contributed by atoms with van der Waals surface area (Å²) in [5.74, 6) is -0.276. The van der Waals surface area contributed by atoms with Crippen molar-refractivity contribution >= 4 is 57.8 Å². The SMILES string of the molecule is O=C(CCN1C(=O)/C(=C/c2cccc(Cl)c2)SC1=S)NCCCn1ccnc1. The molecule has 1 N–H and O–H groups in total. The van der Waals surface area contributed by atoms with Crippen molar-refractivity contribution in [3.05, 3.63) is 58.5 Å². The van der Waals surface area contributed by atoms with Gasteiger partial charge in [0, 0.05) is 43.5 Å². The monoisotopic (exact) mass is 434 g/mol. The van der Waals surface area contributed by atoms with E-state index in [1.54, 1.807) is 30.7 Å². The van der Waals surface area contributed by atoms with Crippen LogP contribution in [0, 0.1) is 0 Å². The number of thioether (sulfide) groups is 1. The third-order valence-corrected chi connectivity index (χ3v) is 5.67. The summed E-state index contributed by atoms with van der Waals surface area (Å²) in [4.78, 5) is 30.6. The Labute approximate surface area is 177 Å². The Bertz CT molecular complexity index is 899. The van der Waals surface area contributed by atoms with Crippen molar-refractivity contribution < 1.29 is 9.59 Å². The van der Waals surface area contributed by atoms with Crippen LogP contribution < -0.4 is 5.32 Å². The first-order valence-corrected chi connectivity index (χ1v) is 10.4. The van der Waals surface area contributed by atoms with Crippen LogP contribution in [0.3, 0.4) is 0 Å². The molecule has 2 amide bonds. The van der Waals surface area contributed by atoms with Crippen molar-refractivity contribution in [1.82, 2.24) is 19.8 Å². The second kappa shape index (κ2) is 9.86. The Hall–Kier alpha value is -2.16. The van der Waals surface area contributed by atoms with Crippen LogP contribution in [0.4, 0.5) is 0 Å². The number of hydrogen-bond acceptors (Lipinski definition) is 5. The van der Waals surface area contributed by atoms with E-state index < -0.39 is 0 Å². The van der Waals surface area contributed by atoms with E-state index in [1.165, 1.54) is 16.7 Å². The molecule has 1 aromatic carbocycles. The second-order valence-corrected chi connectivity index (χ2v) is 8.25. The summed E-state index contributed by atoms with van der Waals surface area (Å²) in [6.45, 7) is 1.64. The van der Waals surface area contributed by atoms with Crippen molar-refractivity contribution in [1.29, 1.82) is 0 Å². The summed E-state index contributed by atoms with van der Waals surface area (Å²) in [5.41, 5.74) is 0.837. The van der Waals surface area contributed by atoms with Crippen LogP contribution in [0.15, 0.2) is 47.9 Å². The third kappa shape index (κ3) is 5.67. The van der Waals surface area contributed by atoms with Gasteiger partial charge < -0.3 is 9.88 Å². The first-order valence-electron chi connectivity index (χ1n) is 8.76. The van der Waals surface area contributed by atoms with E-state index in [4.69, 9.17) is 23.8 Å². The lowest BCUT2D eigenvalue weighted by Crippen LogP contribution is -2.34. The molecule has 3 rings (SSSR count). The first-order chi connectivity index (χ1) is 13.5. The standard InChI is InChI=1S/C19H19ClN4O2S2/c20-15-4-1-3-14(11-15)12-16-18(26)24(19(27)28-16)9-5-17(25)22-6-2-8-23-10-7-21-13-23/h1,3-4,7,10-13H,2,5-6,8-9H2,(H,22,25)/b16-12-. The van der Waals surface area contributed by atoms with Crippen LogP contribution in [-0.4, -0.2) is 43.7 Å². The van der Waals surface area contributed by atoms with Gasteiger partial charge in [-0.05, 0) is 30.2 Å². The van der Waals surface area contributed by atoms with Gasteiger partial charge in [0.1, 0.15) is 4.32 Å². The van der Waals surface area contributed by atoms with Crippen LogP contribution in [0.25, 0.3) is 6.08 Å². The zero-order valence-electron chi connectivity index (χ0n) is 15.0. The fraction of sp³-hybridized carbons (Fsp3) is 0.263. The maximum Gasteiger partial charge on any atom is 0.266 e. The van der Waals surface area contributed by atoms with Crippen molar-refractivity contribution in [3.8, 4) is 0 Å². The lowest BCUT2D eigenvalue weighted by atomic mass is 10.2. The summed E-state index contributed by atoms with van der Waals surface area (Å²) >= 11 is 12.5. The van der Waals surface area contributed by atoms with E-state index in [2.05, 4.69) is 10.3 Å². The van der Waals surface area contributed by atoms with Crippen molar-refractivity contribution in [2.75, 3.05) is 13.1 Å². The molecule has 9 heteroatoms. The van der Waals surface area contributed by atoms with Crippen LogP contribution in [-0.2, 0) is 16.1 Å². The Morgan fingerprint density at radius 1 is 1.36 bits per heavy atom. The number of aromatic nitrogens is 2. The molecule has 1 fully saturated rings. The minimum absolute atomic E-state index is 0.0986. The van der Waals surface area contributed by atoms with Gasteiger partial charge >= 0.3 is 0 Å². The molecule has 28 heavy (non-hydrogen) atoms. The Kier molecular flexibility index (Phi) is 7.24. The smallest absolute Gasteiger partial charge is 0.266 e. The zero-order chi connectivity index (χ0) is 19.9. The van der Waals surface area contributed by atoms with Crippen molar-refractivity contribution in [2.45, 2.75) is 19.4 Å². The fourth-order valence-corrected chi connectivity index (χ4v) is 4.16. The average Bonchev–Trinajstić information content (AvgIpc) is 3.26. The number of benzene rings is 1. The zero-order valence-corrected chi connectivity index (χ0v) is 17.4. The number of rotatable bonds is 8. The number of carbonyl (C=O) groups excluding carboxylic acids is 2. The molecular formula is C19H19ClN4O2S2. The van der Waals surface area contributed by atoms with E-state index in [9.17, 15) is 9.59 Å². The fourth-order valence-electron chi connectivity index (χ4n) is 2.65. The highest BCUT2D eigenvalue weighted by Crippen LogP contribution is 2.32. The molecule has 2 aromatic rings. The number of nitrogens with one attached hydrogen (secondary N) is 1. The molecule has 1 saturated heterocycles. The number of nitrogens with zero attached hydrogens (tertiary/aromatic N) is 3. The van der Waals surface area contributed by atoms with Crippen molar-refractivity contribution in [3.63, 3.8) is 0 Å². The number of amides is 2. The molecule has 1 aliphatic rings. The summed E-state index contributed by atoms with van der Waals surface area (Å²) < 4.78 is 2.42. The molecule has 0 saturated carbocycles. The normalized spacial score (nSPS) is 15.5. The minimum Gasteiger partial charge on any atom is -0.356 e. The molecule has 6 nitrogen and oxygen atoms in total. The Balaban J connectivity index is 1.45. The molecule has 0 bridgehead atoms. The largest absolute Gasteiger partial charge is 0.356 e. The van der Waals surface area contributed by atoms with Gasteiger partial charge in [0.05, 0.1) is 11.2 Å². The molecule has 0 atom stereocenters. The molecule has 1 aromatic heterocycles. The summed E-state index contributed by atoms with van der Waals surface area (Å²) in [6.07, 6.45) is 8.14. The Morgan fingerprint density at radius 2 is 2.21 bits per heavy atom. The highest BCUT2D eigenvalue weighted by Gasteiger charge is 2.32. The molecular weight excluding hydrogens is 416 g/mol. The maximum atomic E-state index is 12.6. The number of hydrogen-bond donors (Lipinski definition) is 1. The van der Waals surface area contributed by atoms with Crippen LogP contribution in [0.1, 0.15) is 18.4 Å². The number of halogens is 1. The van der Waals surface area contributed by atoms with Crippen molar-refractivity contribution in [2.24, 2.45) is 0 Å². The molecule has 0 aliphatic carbocycles. The quantitative estimate of drug-likeness (QED) is 0.392. The van der Waals surface area contributed by atoms with Gasteiger partial charge in [-0.1, -0.05) is 47.7 Å². The molecule has 1 aliphatic heterocycles. The lowest BCUT2D eigenvalue weighted by molar-refractivity contribution is -0.123. The molecule has 2 heterocycles. The van der Waals surface area contributed by atoms with Gasteiger partial charge in [-0.2, -0.15) is 0 Å². The van der Waals surface area contributed by atoms with E-state index >= 15 is 0 Å². The van der Waals surface area contributed by atoms with Crippen LogP contribution >= 0.6 is 35.6 Å². The topological polar surface area (TPSA) is 67.2 Å². The van der Waals surface area contributed by atoms with E-state index in [0.29, 0.717) is 20.8 Å². The molecule has 0 spiro atoms.